The van der Waals surface area contributed by atoms with Crippen LogP contribution in [0, 0.1) is 6.92 Å². The normalized spacial score (nSPS) is 14.1. The van der Waals surface area contributed by atoms with Crippen molar-refractivity contribution in [3.63, 3.8) is 0 Å². The third-order valence-electron chi connectivity index (χ3n) is 4.86. The maximum atomic E-state index is 13.1. The van der Waals surface area contributed by atoms with Gasteiger partial charge in [0.1, 0.15) is 10.7 Å². The maximum Gasteiger partial charge on any atom is 0.283 e. The third-order valence-corrected chi connectivity index (χ3v) is 6.05. The summed E-state index contributed by atoms with van der Waals surface area (Å²) >= 11 is 1.67. The second kappa shape index (κ2) is 6.68. The van der Waals surface area contributed by atoms with E-state index in [2.05, 4.69) is 10.1 Å². The van der Waals surface area contributed by atoms with Crippen molar-refractivity contribution in [3.05, 3.63) is 56.4 Å². The van der Waals surface area contributed by atoms with E-state index in [1.54, 1.807) is 17.6 Å². The number of aromatic nitrogens is 2. The van der Waals surface area contributed by atoms with Gasteiger partial charge in [-0.25, -0.2) is 4.98 Å². The highest BCUT2D eigenvalue weighted by Crippen LogP contribution is 2.33. The van der Waals surface area contributed by atoms with Crippen LogP contribution in [-0.2, 0) is 12.8 Å². The second-order valence-corrected chi connectivity index (χ2v) is 7.98. The summed E-state index contributed by atoms with van der Waals surface area (Å²) in [6.45, 7) is 1.84. The first kappa shape index (κ1) is 17.0. The number of nitrogens with zero attached hydrogens (tertiary/aromatic N) is 4. The van der Waals surface area contributed by atoms with Crippen LogP contribution in [0.25, 0.3) is 10.2 Å². The molecule has 26 heavy (non-hydrogen) atoms. The molecule has 0 saturated carbocycles. The average molecular weight is 366 g/mol. The lowest BCUT2D eigenvalue weighted by Gasteiger charge is -2.11. The van der Waals surface area contributed by atoms with Gasteiger partial charge in [-0.15, -0.1) is 11.3 Å². The molecule has 5 nitrogen and oxygen atoms in total. The Morgan fingerprint density at radius 2 is 1.92 bits per heavy atom. The minimum absolute atomic E-state index is 0.0481. The molecule has 2 heterocycles. The van der Waals surface area contributed by atoms with Crippen molar-refractivity contribution < 1.29 is 0 Å². The van der Waals surface area contributed by atoms with Crippen LogP contribution in [-0.4, -0.2) is 30.0 Å². The van der Waals surface area contributed by atoms with Crippen LogP contribution in [0.2, 0.25) is 0 Å². The Balaban J connectivity index is 1.75. The molecule has 2 aromatic heterocycles. The standard InChI is InChI=1S/C20H22N4OS/c1-13-22-19-18(16-6-4-5-7-17(16)26-19)20(25)24(13)21-12-14-8-10-15(11-9-14)23(2)3/h8-12H,4-7H2,1-3H3. The van der Waals surface area contributed by atoms with Gasteiger partial charge in [0.2, 0.25) is 0 Å². The molecule has 0 bridgehead atoms. The molecule has 0 amide bonds. The first-order valence-corrected chi connectivity index (χ1v) is 9.72. The summed E-state index contributed by atoms with van der Waals surface area (Å²) in [6.07, 6.45) is 6.11. The molecule has 0 N–H and O–H groups in total. The van der Waals surface area contributed by atoms with E-state index < -0.39 is 0 Å². The molecule has 0 radical (unpaired) electrons. The van der Waals surface area contributed by atoms with Gasteiger partial charge in [-0.05, 0) is 55.9 Å². The first-order valence-electron chi connectivity index (χ1n) is 8.90. The van der Waals surface area contributed by atoms with Gasteiger partial charge >= 0.3 is 0 Å². The Morgan fingerprint density at radius 1 is 1.19 bits per heavy atom. The van der Waals surface area contributed by atoms with Crippen LogP contribution in [0.1, 0.15) is 34.7 Å². The highest BCUT2D eigenvalue weighted by Gasteiger charge is 2.20. The van der Waals surface area contributed by atoms with Gasteiger partial charge in [0, 0.05) is 24.7 Å². The predicted octanol–water partition coefficient (Wildman–Crippen LogP) is 3.59. The number of aryl methyl sites for hydroxylation is 3. The second-order valence-electron chi connectivity index (χ2n) is 6.90. The minimum Gasteiger partial charge on any atom is -0.378 e. The van der Waals surface area contributed by atoms with Crippen LogP contribution in [0.4, 0.5) is 5.69 Å². The van der Waals surface area contributed by atoms with Crippen molar-refractivity contribution in [1.82, 2.24) is 9.66 Å². The SMILES string of the molecule is Cc1nc2sc3c(c2c(=O)n1N=Cc1ccc(N(C)C)cc1)CCCC3. The molecule has 0 aliphatic heterocycles. The van der Waals surface area contributed by atoms with Gasteiger partial charge in [-0.3, -0.25) is 4.79 Å². The molecule has 0 atom stereocenters. The smallest absolute Gasteiger partial charge is 0.283 e. The lowest BCUT2D eigenvalue weighted by atomic mass is 9.97. The molecule has 0 fully saturated rings. The number of hydrogen-bond acceptors (Lipinski definition) is 5. The molecule has 0 spiro atoms. The molecular formula is C20H22N4OS. The Labute approximate surface area is 156 Å². The zero-order chi connectivity index (χ0) is 18.3. The zero-order valence-electron chi connectivity index (χ0n) is 15.3. The fraction of sp³-hybridized carbons (Fsp3) is 0.350. The monoisotopic (exact) mass is 366 g/mol. The van der Waals surface area contributed by atoms with Crippen LogP contribution >= 0.6 is 11.3 Å². The number of rotatable bonds is 3. The van der Waals surface area contributed by atoms with Gasteiger partial charge in [-0.1, -0.05) is 12.1 Å². The largest absolute Gasteiger partial charge is 0.378 e. The molecule has 3 aromatic rings. The minimum atomic E-state index is -0.0481. The van der Waals surface area contributed by atoms with Crippen molar-refractivity contribution in [2.45, 2.75) is 32.6 Å². The highest BCUT2D eigenvalue weighted by molar-refractivity contribution is 7.18. The fourth-order valence-corrected chi connectivity index (χ4v) is 4.71. The molecule has 6 heteroatoms. The summed E-state index contributed by atoms with van der Waals surface area (Å²) in [4.78, 5) is 21.9. The van der Waals surface area contributed by atoms with E-state index in [0.29, 0.717) is 5.82 Å². The van der Waals surface area contributed by atoms with E-state index in [1.165, 1.54) is 21.5 Å². The Morgan fingerprint density at radius 3 is 2.65 bits per heavy atom. The van der Waals surface area contributed by atoms with Gasteiger partial charge in [0.05, 0.1) is 11.6 Å². The van der Waals surface area contributed by atoms with Crippen LogP contribution in [0.15, 0.2) is 34.2 Å². The molecule has 134 valence electrons. The molecule has 0 saturated heterocycles. The molecular weight excluding hydrogens is 344 g/mol. The molecule has 1 aromatic carbocycles. The van der Waals surface area contributed by atoms with Gasteiger partial charge in [0.15, 0.2) is 0 Å². The summed E-state index contributed by atoms with van der Waals surface area (Å²) in [5.74, 6) is 0.627. The fourth-order valence-electron chi connectivity index (χ4n) is 3.42. The Bertz CT molecular complexity index is 1040. The number of hydrogen-bond donors (Lipinski definition) is 0. The predicted molar refractivity (Wildman–Crippen MR) is 109 cm³/mol. The maximum absolute atomic E-state index is 13.1. The van der Waals surface area contributed by atoms with Gasteiger partial charge in [-0.2, -0.15) is 9.78 Å². The Kier molecular flexibility index (Phi) is 4.36. The summed E-state index contributed by atoms with van der Waals surface area (Å²) in [7, 11) is 4.02. The number of fused-ring (bicyclic) bond motifs is 3. The van der Waals surface area contributed by atoms with Crippen molar-refractivity contribution in [1.29, 1.82) is 0 Å². The van der Waals surface area contributed by atoms with Crippen LogP contribution in [0.3, 0.4) is 0 Å². The summed E-state index contributed by atoms with van der Waals surface area (Å²) in [6, 6.07) is 8.07. The highest BCUT2D eigenvalue weighted by atomic mass is 32.1. The number of anilines is 1. The van der Waals surface area contributed by atoms with E-state index in [9.17, 15) is 4.79 Å². The number of thiophene rings is 1. The van der Waals surface area contributed by atoms with E-state index in [1.807, 2.05) is 50.2 Å². The van der Waals surface area contributed by atoms with Crippen LogP contribution in [0.5, 0.6) is 0 Å². The van der Waals surface area contributed by atoms with Crippen LogP contribution < -0.4 is 10.5 Å². The van der Waals surface area contributed by atoms with Crippen molar-refractivity contribution in [2.24, 2.45) is 5.10 Å². The van der Waals surface area contributed by atoms with Crippen molar-refractivity contribution in [3.8, 4) is 0 Å². The summed E-state index contributed by atoms with van der Waals surface area (Å²) < 4.78 is 1.43. The molecule has 1 aliphatic rings. The van der Waals surface area contributed by atoms with E-state index in [4.69, 9.17) is 0 Å². The van der Waals surface area contributed by atoms with Crippen molar-refractivity contribution in [2.75, 3.05) is 19.0 Å². The topological polar surface area (TPSA) is 50.5 Å². The van der Waals surface area contributed by atoms with E-state index >= 15 is 0 Å². The van der Waals surface area contributed by atoms with E-state index in [-0.39, 0.29) is 5.56 Å². The van der Waals surface area contributed by atoms with Gasteiger partial charge < -0.3 is 4.90 Å². The molecule has 4 rings (SSSR count). The molecule has 0 unspecified atom stereocenters. The zero-order valence-corrected chi connectivity index (χ0v) is 16.1. The quantitative estimate of drug-likeness (QED) is 0.666. The lowest BCUT2D eigenvalue weighted by molar-refractivity contribution is 0.698. The van der Waals surface area contributed by atoms with Gasteiger partial charge in [0.25, 0.3) is 5.56 Å². The Hall–Kier alpha value is -2.47. The average Bonchev–Trinajstić information content (AvgIpc) is 3.00. The van der Waals surface area contributed by atoms with Crippen molar-refractivity contribution >= 4 is 33.5 Å². The summed E-state index contributed by atoms with van der Waals surface area (Å²) in [5.41, 5.74) is 3.24. The van der Waals surface area contributed by atoms with E-state index in [0.717, 1.165) is 40.7 Å². The number of benzene rings is 1. The third kappa shape index (κ3) is 2.94. The summed E-state index contributed by atoms with van der Waals surface area (Å²) in [5, 5.41) is 5.21. The lowest BCUT2D eigenvalue weighted by Crippen LogP contribution is -2.21. The molecule has 1 aliphatic carbocycles. The first-order chi connectivity index (χ1) is 12.5.